The van der Waals surface area contributed by atoms with Gasteiger partial charge in [-0.25, -0.2) is 16.2 Å². The van der Waals surface area contributed by atoms with Crippen molar-refractivity contribution in [1.82, 2.24) is 20.5 Å². The number of fused-ring (bicyclic) bond motifs is 2. The number of aromatic amines is 1. The van der Waals surface area contributed by atoms with E-state index < -0.39 is 6.04 Å². The number of aromatic nitrogens is 4. The van der Waals surface area contributed by atoms with Crippen molar-refractivity contribution in [2.24, 2.45) is 4.99 Å². The second kappa shape index (κ2) is 6.32. The molecule has 0 amide bonds. The summed E-state index contributed by atoms with van der Waals surface area (Å²) >= 11 is 0. The maximum atomic E-state index is 7.96. The highest BCUT2D eigenvalue weighted by atomic mass is 16.6. The molecule has 1 aliphatic rings. The summed E-state index contributed by atoms with van der Waals surface area (Å²) in [6.07, 6.45) is 1.72. The standard InChI is InChI=1S/C20H14N6O2/c1-21-19-16(12-7-5-8-14-17(12)26-28-25-14)13-10-22-24-20(13)23-18(19)11-6-3-4-9-15(11)27-2/h3-10,16,19H,2H3,(H,22,24). The molecule has 4 aromatic rings. The summed E-state index contributed by atoms with van der Waals surface area (Å²) in [6, 6.07) is 12.6. The first-order chi connectivity index (χ1) is 13.8. The number of ether oxygens (including phenoxy) is 1. The summed E-state index contributed by atoms with van der Waals surface area (Å²) in [7, 11) is 1.61. The number of aliphatic imine (C=N–C) groups is 1. The van der Waals surface area contributed by atoms with Crippen molar-refractivity contribution >= 4 is 22.6 Å². The van der Waals surface area contributed by atoms with Crippen molar-refractivity contribution in [1.29, 1.82) is 0 Å². The van der Waals surface area contributed by atoms with E-state index >= 15 is 0 Å². The molecule has 28 heavy (non-hydrogen) atoms. The van der Waals surface area contributed by atoms with E-state index in [1.807, 2.05) is 42.5 Å². The van der Waals surface area contributed by atoms with E-state index in [0.717, 1.165) is 16.7 Å². The Morgan fingerprint density at radius 3 is 2.86 bits per heavy atom. The molecular weight excluding hydrogens is 356 g/mol. The van der Waals surface area contributed by atoms with E-state index in [9.17, 15) is 0 Å². The van der Waals surface area contributed by atoms with E-state index in [2.05, 4.69) is 25.4 Å². The minimum absolute atomic E-state index is 0.320. The highest BCUT2D eigenvalue weighted by Crippen LogP contribution is 2.43. The van der Waals surface area contributed by atoms with Gasteiger partial charge in [-0.1, -0.05) is 24.3 Å². The lowest BCUT2D eigenvalue weighted by Gasteiger charge is -2.24. The fourth-order valence-electron chi connectivity index (χ4n) is 3.75. The molecule has 2 unspecified atom stereocenters. The highest BCUT2D eigenvalue weighted by molar-refractivity contribution is 6.10. The molecule has 0 bridgehead atoms. The van der Waals surface area contributed by atoms with E-state index in [-0.39, 0.29) is 5.92 Å². The lowest BCUT2D eigenvalue weighted by atomic mass is 9.80. The van der Waals surface area contributed by atoms with Gasteiger partial charge in [0, 0.05) is 11.1 Å². The second-order valence-electron chi connectivity index (χ2n) is 6.40. The predicted octanol–water partition coefficient (Wildman–Crippen LogP) is 3.51. The quantitative estimate of drug-likeness (QED) is 0.557. The number of methoxy groups -OCH3 is 1. The van der Waals surface area contributed by atoms with Gasteiger partial charge < -0.3 is 9.58 Å². The maximum Gasteiger partial charge on any atom is 0.277 e. The molecule has 2 aromatic heterocycles. The van der Waals surface area contributed by atoms with Crippen LogP contribution in [-0.4, -0.2) is 39.4 Å². The van der Waals surface area contributed by atoms with Gasteiger partial charge >= 0.3 is 0 Å². The molecule has 0 saturated heterocycles. The van der Waals surface area contributed by atoms with Gasteiger partial charge in [-0.15, -0.1) is 0 Å². The number of nitrogens with zero attached hydrogens (tertiary/aromatic N) is 5. The average Bonchev–Trinajstić information content (AvgIpc) is 3.41. The number of nitrogens with one attached hydrogen (secondary N) is 1. The van der Waals surface area contributed by atoms with Crippen molar-refractivity contribution in [2.75, 3.05) is 7.11 Å². The SMILES string of the molecule is [C-]#[N+]C1C(c2ccccc2OC)=Nc2[nH]ncc2C1c1cccc2nonc12. The largest absolute Gasteiger partial charge is 0.496 e. The van der Waals surface area contributed by atoms with Crippen LogP contribution in [0.1, 0.15) is 22.6 Å². The van der Waals surface area contributed by atoms with Gasteiger partial charge in [0.05, 0.1) is 19.2 Å². The number of rotatable bonds is 3. The third-order valence-corrected chi connectivity index (χ3v) is 4.99. The van der Waals surface area contributed by atoms with Crippen LogP contribution >= 0.6 is 0 Å². The summed E-state index contributed by atoms with van der Waals surface area (Å²) in [5, 5.41) is 15.1. The molecule has 0 aliphatic carbocycles. The molecule has 136 valence electrons. The van der Waals surface area contributed by atoms with Crippen LogP contribution in [0.15, 0.2) is 58.3 Å². The van der Waals surface area contributed by atoms with Crippen LogP contribution in [-0.2, 0) is 0 Å². The van der Waals surface area contributed by atoms with Crippen LogP contribution in [0.3, 0.4) is 0 Å². The molecule has 1 aliphatic heterocycles. The Balaban J connectivity index is 1.76. The number of para-hydroxylation sites is 1. The molecule has 2 atom stereocenters. The Kier molecular flexibility index (Phi) is 3.66. The van der Waals surface area contributed by atoms with Gasteiger partial charge in [-0.05, 0) is 34.1 Å². The first-order valence-electron chi connectivity index (χ1n) is 8.64. The first kappa shape index (κ1) is 16.2. The first-order valence-corrected chi connectivity index (χ1v) is 8.64. The minimum atomic E-state index is -0.580. The van der Waals surface area contributed by atoms with Gasteiger partial charge in [0.15, 0.2) is 5.82 Å². The lowest BCUT2D eigenvalue weighted by Crippen LogP contribution is -2.30. The molecule has 8 nitrogen and oxygen atoms in total. The summed E-state index contributed by atoms with van der Waals surface area (Å²) in [4.78, 5) is 8.68. The topological polar surface area (TPSA) is 93.5 Å². The van der Waals surface area contributed by atoms with E-state index in [4.69, 9.17) is 20.9 Å². The third-order valence-electron chi connectivity index (χ3n) is 4.99. The van der Waals surface area contributed by atoms with Crippen molar-refractivity contribution in [3.63, 3.8) is 0 Å². The van der Waals surface area contributed by atoms with E-state index in [1.54, 1.807) is 13.3 Å². The zero-order valence-electron chi connectivity index (χ0n) is 14.8. The molecule has 1 N–H and O–H groups in total. The Labute approximate surface area is 159 Å². The van der Waals surface area contributed by atoms with Crippen LogP contribution in [0.4, 0.5) is 5.82 Å². The zero-order chi connectivity index (χ0) is 19.1. The van der Waals surface area contributed by atoms with Crippen molar-refractivity contribution in [2.45, 2.75) is 12.0 Å². The molecule has 3 heterocycles. The third kappa shape index (κ3) is 2.30. The Hall–Kier alpha value is -3.99. The second-order valence-corrected chi connectivity index (χ2v) is 6.40. The van der Waals surface area contributed by atoms with Crippen LogP contribution in [0.2, 0.25) is 0 Å². The number of benzene rings is 2. The monoisotopic (exact) mass is 370 g/mol. The Bertz CT molecular complexity index is 1250. The summed E-state index contributed by atoms with van der Waals surface area (Å²) in [5.41, 5.74) is 4.38. The molecule has 8 heteroatoms. The summed E-state index contributed by atoms with van der Waals surface area (Å²) < 4.78 is 10.4. The Morgan fingerprint density at radius 1 is 1.11 bits per heavy atom. The number of hydrogen-bond donors (Lipinski definition) is 1. The van der Waals surface area contributed by atoms with Crippen LogP contribution < -0.4 is 4.74 Å². The van der Waals surface area contributed by atoms with Gasteiger partial charge in [-0.2, -0.15) is 5.10 Å². The van der Waals surface area contributed by atoms with Gasteiger partial charge in [-0.3, -0.25) is 5.10 Å². The van der Waals surface area contributed by atoms with Gasteiger partial charge in [0.1, 0.15) is 22.5 Å². The Morgan fingerprint density at radius 2 is 2.00 bits per heavy atom. The van der Waals surface area contributed by atoms with Gasteiger partial charge in [0.2, 0.25) is 0 Å². The van der Waals surface area contributed by atoms with Crippen LogP contribution in [0.25, 0.3) is 15.9 Å². The van der Waals surface area contributed by atoms with E-state index in [0.29, 0.717) is 28.3 Å². The smallest absolute Gasteiger partial charge is 0.277 e. The molecule has 5 rings (SSSR count). The average molecular weight is 370 g/mol. The predicted molar refractivity (Wildman–Crippen MR) is 102 cm³/mol. The number of hydrogen-bond acceptors (Lipinski definition) is 6. The molecule has 0 spiro atoms. The van der Waals surface area contributed by atoms with Crippen LogP contribution in [0, 0.1) is 6.57 Å². The van der Waals surface area contributed by atoms with Crippen LogP contribution in [0.5, 0.6) is 5.75 Å². The number of H-pyrrole nitrogens is 1. The van der Waals surface area contributed by atoms with Crippen molar-refractivity contribution < 1.29 is 9.37 Å². The molecule has 0 fully saturated rings. The highest BCUT2D eigenvalue weighted by Gasteiger charge is 2.43. The molecule has 0 radical (unpaired) electrons. The van der Waals surface area contributed by atoms with Crippen molar-refractivity contribution in [3.05, 3.63) is 76.8 Å². The normalized spacial score (nSPS) is 18.4. The summed E-state index contributed by atoms with van der Waals surface area (Å²) in [6.45, 7) is 7.96. The van der Waals surface area contributed by atoms with Gasteiger partial charge in [0.25, 0.3) is 6.04 Å². The van der Waals surface area contributed by atoms with E-state index in [1.165, 1.54) is 0 Å². The molecular formula is C20H14N6O2. The fraction of sp³-hybridized carbons (Fsp3) is 0.150. The lowest BCUT2D eigenvalue weighted by molar-refractivity contribution is 0.315. The molecule has 0 saturated carbocycles. The summed E-state index contributed by atoms with van der Waals surface area (Å²) in [5.74, 6) is 0.969. The minimum Gasteiger partial charge on any atom is -0.496 e. The van der Waals surface area contributed by atoms with Crippen molar-refractivity contribution in [3.8, 4) is 5.75 Å². The fourth-order valence-corrected chi connectivity index (χ4v) is 3.75. The maximum absolute atomic E-state index is 7.96. The molecule has 2 aromatic carbocycles. The zero-order valence-corrected chi connectivity index (χ0v) is 14.8.